The molecule has 0 spiro atoms. The molecule has 8 nitrogen and oxygen atoms in total. The summed E-state index contributed by atoms with van der Waals surface area (Å²) < 4.78 is 37.4. The van der Waals surface area contributed by atoms with Crippen molar-refractivity contribution in [2.45, 2.75) is 38.1 Å². The monoisotopic (exact) mass is 731 g/mol. The Bertz CT molecular complexity index is 1550. The maximum Gasteiger partial charge on any atom is 0.319 e. The number of pyridine rings is 1. The molecule has 216 valence electrons. The zero-order valence-electron chi connectivity index (χ0n) is 22.9. The van der Waals surface area contributed by atoms with Gasteiger partial charge >= 0.3 is 6.01 Å². The van der Waals surface area contributed by atoms with E-state index in [0.717, 1.165) is 38.8 Å². The first-order valence-corrected chi connectivity index (χ1v) is 13.7. The number of benzene rings is 2. The van der Waals surface area contributed by atoms with E-state index in [2.05, 4.69) is 37.6 Å². The van der Waals surface area contributed by atoms with Crippen molar-refractivity contribution in [3.05, 3.63) is 61.2 Å². The fraction of sp³-hybridized carbons (Fsp3) is 0.400. The number of fused-ring (bicyclic) bond motifs is 3. The molecule has 6 rings (SSSR count). The number of ether oxygens (including phenoxy) is 1. The molecule has 2 aromatic heterocycles. The van der Waals surface area contributed by atoms with Crippen molar-refractivity contribution in [2.75, 3.05) is 38.1 Å². The average Bonchev–Trinajstić information content (AvgIpc) is 3.52. The molecule has 4 heterocycles. The second kappa shape index (κ2) is 11.8. The van der Waals surface area contributed by atoms with Crippen molar-refractivity contribution < 1.29 is 39.8 Å². The van der Waals surface area contributed by atoms with Crippen LogP contribution in [0.25, 0.3) is 32.9 Å². The summed E-state index contributed by atoms with van der Waals surface area (Å²) in [5, 5.41) is 13.7. The third-order valence-corrected chi connectivity index (χ3v) is 8.24. The summed E-state index contributed by atoms with van der Waals surface area (Å²) in [6.45, 7) is 9.07. The first-order valence-electron chi connectivity index (χ1n) is 13.7. The molecule has 0 radical (unpaired) electrons. The van der Waals surface area contributed by atoms with E-state index in [9.17, 15) is 9.60 Å². The molecular weight excluding hydrogens is 698 g/mol. The number of hydrogen-bond donors (Lipinski definition) is 3. The third-order valence-electron chi connectivity index (χ3n) is 8.24. The Kier molecular flexibility index (Phi) is 8.58. The Morgan fingerprint density at radius 3 is 2.56 bits per heavy atom. The van der Waals surface area contributed by atoms with Crippen LogP contribution in [0.1, 0.15) is 32.6 Å². The minimum absolute atomic E-state index is 0. The fourth-order valence-corrected chi connectivity index (χ4v) is 6.13. The SMILES string of the molecule is [CH2-]C(C)(CNO)CNc1nc(OCC23CCCN2CCC3)nc2c(F)c(-c3cccc4cccc(F)c34)ncc12.[W]. The Labute approximate surface area is 252 Å². The van der Waals surface area contributed by atoms with Crippen molar-refractivity contribution in [3.8, 4) is 17.3 Å². The van der Waals surface area contributed by atoms with Crippen LogP contribution in [0.2, 0.25) is 0 Å². The smallest absolute Gasteiger partial charge is 0.319 e. The molecule has 0 amide bonds. The van der Waals surface area contributed by atoms with E-state index in [1.807, 2.05) is 6.92 Å². The maximum atomic E-state index is 16.3. The van der Waals surface area contributed by atoms with Crippen LogP contribution in [0.4, 0.5) is 14.6 Å². The minimum Gasteiger partial charge on any atom is -0.461 e. The van der Waals surface area contributed by atoms with E-state index in [1.54, 1.807) is 30.3 Å². The van der Waals surface area contributed by atoms with Crippen molar-refractivity contribution in [2.24, 2.45) is 5.41 Å². The molecule has 2 aliphatic heterocycles. The largest absolute Gasteiger partial charge is 0.461 e. The molecule has 41 heavy (non-hydrogen) atoms. The molecule has 0 aliphatic carbocycles. The van der Waals surface area contributed by atoms with Gasteiger partial charge < -0.3 is 22.2 Å². The van der Waals surface area contributed by atoms with Gasteiger partial charge in [0.1, 0.15) is 29.5 Å². The number of nitrogens with zero attached hydrogens (tertiary/aromatic N) is 4. The summed E-state index contributed by atoms with van der Waals surface area (Å²) in [7, 11) is 0. The summed E-state index contributed by atoms with van der Waals surface area (Å²) in [6, 6.07) is 10.0. The van der Waals surface area contributed by atoms with Crippen molar-refractivity contribution in [3.63, 3.8) is 0 Å². The summed E-state index contributed by atoms with van der Waals surface area (Å²) >= 11 is 0. The molecule has 1 unspecified atom stereocenters. The van der Waals surface area contributed by atoms with Gasteiger partial charge in [0.05, 0.1) is 10.9 Å². The van der Waals surface area contributed by atoms with E-state index in [1.165, 1.54) is 12.3 Å². The Hall–Kier alpha value is -2.78. The number of anilines is 1. The molecule has 4 aromatic rings. The van der Waals surface area contributed by atoms with Crippen LogP contribution in [0.5, 0.6) is 6.01 Å². The average molecular weight is 731 g/mol. The number of rotatable bonds is 9. The van der Waals surface area contributed by atoms with Crippen LogP contribution >= 0.6 is 0 Å². The number of hydroxylamine groups is 1. The molecule has 11 heteroatoms. The topological polar surface area (TPSA) is 95.4 Å². The van der Waals surface area contributed by atoms with Gasteiger partial charge in [-0.05, 0) is 56.8 Å². The van der Waals surface area contributed by atoms with E-state index in [4.69, 9.17) is 4.74 Å². The molecule has 3 N–H and O–H groups in total. The molecule has 1 atom stereocenters. The maximum absolute atomic E-state index is 16.3. The Morgan fingerprint density at radius 2 is 1.83 bits per heavy atom. The molecule has 0 saturated carbocycles. The number of nitrogens with one attached hydrogen (secondary N) is 2. The fourth-order valence-electron chi connectivity index (χ4n) is 6.13. The number of halogens is 2. The predicted octanol–water partition coefficient (Wildman–Crippen LogP) is 5.36. The van der Waals surface area contributed by atoms with Crippen LogP contribution in [-0.2, 0) is 21.1 Å². The van der Waals surface area contributed by atoms with Gasteiger partial charge in [-0.25, -0.2) is 14.3 Å². The van der Waals surface area contributed by atoms with Gasteiger partial charge in [0, 0.05) is 44.8 Å². The van der Waals surface area contributed by atoms with Gasteiger partial charge in [0.2, 0.25) is 0 Å². The van der Waals surface area contributed by atoms with Crippen LogP contribution in [0, 0.1) is 24.0 Å². The third kappa shape index (κ3) is 5.67. The zero-order valence-corrected chi connectivity index (χ0v) is 25.9. The molecular formula is C30H33F2N6O2W-. The number of hydrogen-bond acceptors (Lipinski definition) is 8. The van der Waals surface area contributed by atoms with Crippen molar-refractivity contribution in [1.29, 1.82) is 0 Å². The molecule has 2 aliphatic rings. The van der Waals surface area contributed by atoms with Gasteiger partial charge in [0.15, 0.2) is 5.82 Å². The Morgan fingerprint density at radius 1 is 1.10 bits per heavy atom. The first-order chi connectivity index (χ1) is 19.3. The molecule has 2 saturated heterocycles. The molecule has 2 aromatic carbocycles. The summed E-state index contributed by atoms with van der Waals surface area (Å²) in [6.07, 6.45) is 5.85. The second-order valence-electron chi connectivity index (χ2n) is 11.4. The zero-order chi connectivity index (χ0) is 27.9. The van der Waals surface area contributed by atoms with Crippen LogP contribution in [-0.4, -0.2) is 63.4 Å². The van der Waals surface area contributed by atoms with Gasteiger partial charge in [-0.15, -0.1) is 5.41 Å². The van der Waals surface area contributed by atoms with E-state index < -0.39 is 17.0 Å². The van der Waals surface area contributed by atoms with Gasteiger partial charge in [-0.3, -0.25) is 9.88 Å². The Balaban J connectivity index is 0.00000337. The van der Waals surface area contributed by atoms with Crippen LogP contribution in [0.15, 0.2) is 42.6 Å². The van der Waals surface area contributed by atoms with Gasteiger partial charge in [-0.1, -0.05) is 37.3 Å². The minimum atomic E-state index is -0.681. The molecule has 0 bridgehead atoms. The van der Waals surface area contributed by atoms with Crippen LogP contribution in [0.3, 0.4) is 0 Å². The summed E-state index contributed by atoms with van der Waals surface area (Å²) in [5.74, 6) is -0.783. The van der Waals surface area contributed by atoms with Gasteiger partial charge in [-0.2, -0.15) is 9.97 Å². The van der Waals surface area contributed by atoms with E-state index in [-0.39, 0.29) is 50.4 Å². The van der Waals surface area contributed by atoms with E-state index >= 15 is 4.39 Å². The van der Waals surface area contributed by atoms with Gasteiger partial charge in [0.25, 0.3) is 0 Å². The number of aromatic nitrogens is 3. The standard InChI is InChI=1S/C30H33F2N6O2.W/c1-29(2,17-35-39)16-34-27-21-15-33-25(20-9-3-7-19-8-4-10-22(31)23(19)20)24(32)26(21)36-28(37-27)40-18-30-11-5-13-38(30)14-6-12-30;/h3-4,7-10,15,35,39H,1,5-6,11-14,16-18H2,2H3,(H,34,36,37);/q-1;. The van der Waals surface area contributed by atoms with Crippen molar-refractivity contribution in [1.82, 2.24) is 25.3 Å². The van der Waals surface area contributed by atoms with Crippen molar-refractivity contribution >= 4 is 27.5 Å². The predicted molar refractivity (Wildman–Crippen MR) is 150 cm³/mol. The summed E-state index contributed by atoms with van der Waals surface area (Å²) in [4.78, 5) is 16.0. The normalized spacial score (nSPS) is 17.8. The molecule has 2 fully saturated rings. The first kappa shape index (κ1) is 29.7. The quantitative estimate of drug-likeness (QED) is 0.157. The summed E-state index contributed by atoms with van der Waals surface area (Å²) in [5.41, 5.74) is 1.90. The second-order valence-corrected chi connectivity index (χ2v) is 11.4. The van der Waals surface area contributed by atoms with E-state index in [0.29, 0.717) is 40.7 Å². The van der Waals surface area contributed by atoms with Crippen LogP contribution < -0.4 is 15.5 Å².